The number of fused-ring (bicyclic) bond motifs is 3. The molecule has 3 aromatic rings. The zero-order valence-corrected chi connectivity index (χ0v) is 17.0. The van der Waals surface area contributed by atoms with Gasteiger partial charge in [0.1, 0.15) is 6.54 Å². The number of carbonyl (C=O) groups excluding carboxylic acids is 1. The Morgan fingerprint density at radius 2 is 2.07 bits per heavy atom. The van der Waals surface area contributed by atoms with Gasteiger partial charge in [0, 0.05) is 40.4 Å². The molecule has 1 N–H and O–H groups in total. The van der Waals surface area contributed by atoms with Gasteiger partial charge >= 0.3 is 0 Å². The zero-order chi connectivity index (χ0) is 18.6. The van der Waals surface area contributed by atoms with Gasteiger partial charge in [0.15, 0.2) is 0 Å². The van der Waals surface area contributed by atoms with Crippen molar-refractivity contribution in [1.82, 2.24) is 14.9 Å². The Balaban J connectivity index is 1.41. The average Bonchev–Trinajstić information content (AvgIpc) is 3.19. The summed E-state index contributed by atoms with van der Waals surface area (Å²) in [6.45, 7) is 1.82. The van der Waals surface area contributed by atoms with E-state index in [1.54, 1.807) is 24.5 Å². The van der Waals surface area contributed by atoms with E-state index in [-0.39, 0.29) is 5.91 Å². The predicted octanol–water partition coefficient (Wildman–Crippen LogP) is 4.35. The van der Waals surface area contributed by atoms with Gasteiger partial charge in [0.25, 0.3) is 0 Å². The number of hydrogen-bond donors (Lipinski definition) is 1. The summed E-state index contributed by atoms with van der Waals surface area (Å²) in [6.07, 6.45) is 6.36. The first-order chi connectivity index (χ1) is 13.2. The maximum Gasteiger partial charge on any atom is 0.240 e. The second-order valence-corrected chi connectivity index (χ2v) is 8.27. The number of aromatic nitrogens is 2. The highest BCUT2D eigenvalue weighted by Gasteiger charge is 2.24. The molecule has 0 atom stereocenters. The number of hydrogen-bond acceptors (Lipinski definition) is 4. The van der Waals surface area contributed by atoms with Crippen LogP contribution in [0.2, 0.25) is 0 Å². The van der Waals surface area contributed by atoms with Crippen molar-refractivity contribution < 1.29 is 4.79 Å². The molecule has 0 aliphatic carbocycles. The number of halogens is 1. The van der Waals surface area contributed by atoms with E-state index in [0.717, 1.165) is 33.6 Å². The Kier molecular flexibility index (Phi) is 5.50. The normalized spacial score (nSPS) is 12.4. The summed E-state index contributed by atoms with van der Waals surface area (Å²) < 4.78 is 5.11. The second kappa shape index (κ2) is 8.19. The lowest BCUT2D eigenvalue weighted by Crippen LogP contribution is -2.35. The van der Waals surface area contributed by atoms with Gasteiger partial charge in [-0.15, -0.1) is 0 Å². The third-order valence-electron chi connectivity index (χ3n) is 4.37. The molecule has 0 radical (unpaired) electrons. The lowest BCUT2D eigenvalue weighted by Gasteiger charge is -2.31. The molecule has 5 nitrogen and oxygen atoms in total. The van der Waals surface area contributed by atoms with Gasteiger partial charge in [-0.3, -0.25) is 4.79 Å². The van der Waals surface area contributed by atoms with Crippen LogP contribution in [0.25, 0.3) is 11.1 Å². The molecular formula is C20H19BrN4OS. The molecule has 27 heavy (non-hydrogen) atoms. The van der Waals surface area contributed by atoms with Crippen LogP contribution < -0.4 is 9.62 Å². The first-order valence-corrected chi connectivity index (χ1v) is 10.3. The summed E-state index contributed by atoms with van der Waals surface area (Å²) in [7, 11) is 0. The van der Waals surface area contributed by atoms with E-state index >= 15 is 0 Å². The molecule has 0 unspecified atom stereocenters. The van der Waals surface area contributed by atoms with E-state index in [0.29, 0.717) is 13.1 Å². The number of imidazole rings is 1. The van der Waals surface area contributed by atoms with Crippen LogP contribution in [0.15, 0.2) is 70.6 Å². The number of rotatable bonds is 6. The minimum Gasteiger partial charge on any atom is -0.354 e. The van der Waals surface area contributed by atoms with E-state index in [2.05, 4.69) is 54.8 Å². The van der Waals surface area contributed by atoms with Crippen molar-refractivity contribution in [3.63, 3.8) is 0 Å². The lowest BCUT2D eigenvalue weighted by molar-refractivity contribution is -0.119. The van der Waals surface area contributed by atoms with E-state index in [1.807, 2.05) is 29.0 Å². The average molecular weight is 443 g/mol. The Hall–Kier alpha value is -2.25. The number of aryl methyl sites for hydroxylation is 1. The Labute approximate surface area is 171 Å². The molecule has 0 saturated heterocycles. The number of carbonyl (C=O) groups is 1. The molecule has 0 bridgehead atoms. The SMILES string of the molecule is O=C(CN1Sc2ccccc2-c2cc(Br)ccc21)NCCCn1ccnc1. The maximum absolute atomic E-state index is 12.5. The van der Waals surface area contributed by atoms with Crippen LogP contribution >= 0.6 is 27.9 Å². The van der Waals surface area contributed by atoms with Crippen LogP contribution in [-0.4, -0.2) is 28.5 Å². The molecule has 0 spiro atoms. The van der Waals surface area contributed by atoms with Gasteiger partial charge in [0.2, 0.25) is 5.91 Å². The Bertz CT molecular complexity index is 945. The standard InChI is InChI=1S/C20H19BrN4OS/c21-15-6-7-18-17(12-15)16-4-1-2-5-19(16)27-25(18)13-20(26)23-8-3-10-24-11-9-22-14-24/h1-2,4-7,9,11-12,14H,3,8,10,13H2,(H,23,26). The molecular weight excluding hydrogens is 424 g/mol. The number of nitrogens with one attached hydrogen (secondary N) is 1. The highest BCUT2D eigenvalue weighted by atomic mass is 79.9. The van der Waals surface area contributed by atoms with Crippen molar-refractivity contribution in [2.24, 2.45) is 0 Å². The number of anilines is 1. The smallest absolute Gasteiger partial charge is 0.240 e. The van der Waals surface area contributed by atoms with Crippen LogP contribution in [0.4, 0.5) is 5.69 Å². The minimum absolute atomic E-state index is 0.0291. The van der Waals surface area contributed by atoms with Gasteiger partial charge in [-0.2, -0.15) is 0 Å². The number of benzene rings is 2. The molecule has 1 aliphatic rings. The summed E-state index contributed by atoms with van der Waals surface area (Å²) in [6, 6.07) is 14.5. The van der Waals surface area contributed by atoms with Crippen molar-refractivity contribution in [2.75, 3.05) is 17.4 Å². The lowest BCUT2D eigenvalue weighted by atomic mass is 10.0. The summed E-state index contributed by atoms with van der Waals surface area (Å²) in [5, 5.41) is 3.02. The first kappa shape index (κ1) is 18.1. The highest BCUT2D eigenvalue weighted by molar-refractivity contribution is 9.10. The third-order valence-corrected chi connectivity index (χ3v) is 5.97. The summed E-state index contributed by atoms with van der Waals surface area (Å²) in [5.74, 6) is 0.0291. The van der Waals surface area contributed by atoms with Crippen LogP contribution in [0.3, 0.4) is 0 Å². The molecule has 7 heteroatoms. The van der Waals surface area contributed by atoms with Gasteiger partial charge in [-0.05, 0) is 48.2 Å². The molecule has 1 aliphatic heterocycles. The van der Waals surface area contributed by atoms with Crippen LogP contribution in [-0.2, 0) is 11.3 Å². The van der Waals surface area contributed by atoms with Crippen LogP contribution in [0, 0.1) is 0 Å². The van der Waals surface area contributed by atoms with Crippen molar-refractivity contribution in [3.8, 4) is 11.1 Å². The van der Waals surface area contributed by atoms with Crippen LogP contribution in [0.5, 0.6) is 0 Å². The Morgan fingerprint density at radius 3 is 2.93 bits per heavy atom. The third kappa shape index (κ3) is 4.20. The van der Waals surface area contributed by atoms with Gasteiger partial charge in [-0.25, -0.2) is 4.98 Å². The van der Waals surface area contributed by atoms with Gasteiger partial charge in [0.05, 0.1) is 12.0 Å². The molecule has 0 fully saturated rings. The predicted molar refractivity (Wildman–Crippen MR) is 113 cm³/mol. The topological polar surface area (TPSA) is 50.2 Å². The second-order valence-electron chi connectivity index (χ2n) is 6.29. The molecule has 138 valence electrons. The van der Waals surface area contributed by atoms with E-state index in [9.17, 15) is 4.79 Å². The molecule has 1 amide bonds. The first-order valence-electron chi connectivity index (χ1n) is 8.77. The minimum atomic E-state index is 0.0291. The maximum atomic E-state index is 12.5. The van der Waals surface area contributed by atoms with Gasteiger partial charge in [-0.1, -0.05) is 34.1 Å². The van der Waals surface area contributed by atoms with Crippen molar-refractivity contribution in [2.45, 2.75) is 17.9 Å². The fourth-order valence-corrected chi connectivity index (χ4v) is 4.54. The van der Waals surface area contributed by atoms with E-state index in [4.69, 9.17) is 0 Å². The molecule has 2 heterocycles. The largest absolute Gasteiger partial charge is 0.354 e. The fourth-order valence-electron chi connectivity index (χ4n) is 3.09. The number of nitrogens with zero attached hydrogens (tertiary/aromatic N) is 3. The zero-order valence-electron chi connectivity index (χ0n) is 14.6. The van der Waals surface area contributed by atoms with E-state index in [1.165, 1.54) is 5.56 Å². The Morgan fingerprint density at radius 1 is 1.19 bits per heavy atom. The summed E-state index contributed by atoms with van der Waals surface area (Å²) >= 11 is 5.18. The van der Waals surface area contributed by atoms with Crippen molar-refractivity contribution >= 4 is 39.5 Å². The molecule has 1 aromatic heterocycles. The highest BCUT2D eigenvalue weighted by Crippen LogP contribution is 2.46. The molecule has 4 rings (SSSR count). The summed E-state index contributed by atoms with van der Waals surface area (Å²) in [4.78, 5) is 17.7. The van der Waals surface area contributed by atoms with Gasteiger partial charge < -0.3 is 14.2 Å². The monoisotopic (exact) mass is 442 g/mol. The van der Waals surface area contributed by atoms with E-state index < -0.39 is 0 Å². The van der Waals surface area contributed by atoms with Crippen LogP contribution in [0.1, 0.15) is 6.42 Å². The fraction of sp³-hybridized carbons (Fsp3) is 0.200. The number of amides is 1. The van der Waals surface area contributed by atoms with Crippen molar-refractivity contribution in [3.05, 3.63) is 65.7 Å². The molecule has 2 aromatic carbocycles. The van der Waals surface area contributed by atoms with Crippen molar-refractivity contribution in [1.29, 1.82) is 0 Å². The summed E-state index contributed by atoms with van der Waals surface area (Å²) in [5.41, 5.74) is 3.41. The molecule has 0 saturated carbocycles. The quantitative estimate of drug-likeness (QED) is 0.455.